The molecule has 10 heteroatoms. The number of nitrogens with zero attached hydrogens (tertiary/aromatic N) is 2. The van der Waals surface area contributed by atoms with E-state index >= 15 is 0 Å². The van der Waals surface area contributed by atoms with Gasteiger partial charge in [-0.1, -0.05) is 13.8 Å². The Morgan fingerprint density at radius 3 is 1.25 bits per heavy atom. The molecular formula is C10H18N2O6S2. The Morgan fingerprint density at radius 1 is 0.800 bits per heavy atom. The summed E-state index contributed by atoms with van der Waals surface area (Å²) in [5.41, 5.74) is 0. The van der Waals surface area contributed by atoms with Crippen LogP contribution in [-0.4, -0.2) is 74.8 Å². The highest BCUT2D eigenvalue weighted by Gasteiger charge is 2.52. The van der Waals surface area contributed by atoms with Crippen molar-refractivity contribution < 1.29 is 26.4 Å². The molecular weight excluding hydrogens is 308 g/mol. The van der Waals surface area contributed by atoms with Crippen LogP contribution in [0.15, 0.2) is 0 Å². The molecule has 2 atom stereocenters. The summed E-state index contributed by atoms with van der Waals surface area (Å²) in [6, 6.07) is 0. The van der Waals surface area contributed by atoms with Crippen molar-refractivity contribution in [2.45, 2.75) is 24.6 Å². The molecule has 0 aromatic heterocycles. The standard InChI is InChI=1S/C10H18N2O6S2/c1-5-19(15,16)9-7(13)12(4)10(8(14)11(9)3)20(17,18)6-2/h9-10H,5-6H2,1-4H3/t9-,10+. The average molecular weight is 326 g/mol. The second kappa shape index (κ2) is 5.32. The number of hydrogen-bond donors (Lipinski definition) is 0. The van der Waals surface area contributed by atoms with Gasteiger partial charge >= 0.3 is 0 Å². The van der Waals surface area contributed by atoms with Crippen LogP contribution in [0.4, 0.5) is 0 Å². The summed E-state index contributed by atoms with van der Waals surface area (Å²) >= 11 is 0. The Balaban J connectivity index is 3.37. The lowest BCUT2D eigenvalue weighted by molar-refractivity contribution is -0.151. The van der Waals surface area contributed by atoms with E-state index in [4.69, 9.17) is 0 Å². The summed E-state index contributed by atoms with van der Waals surface area (Å²) in [6.07, 6.45) is 0. The Morgan fingerprint density at radius 2 is 1.05 bits per heavy atom. The van der Waals surface area contributed by atoms with E-state index in [1.807, 2.05) is 0 Å². The molecule has 1 heterocycles. The second-order valence-corrected chi connectivity index (χ2v) is 9.21. The molecule has 0 aromatic rings. The molecule has 116 valence electrons. The predicted molar refractivity (Wildman–Crippen MR) is 72.0 cm³/mol. The summed E-state index contributed by atoms with van der Waals surface area (Å²) in [5.74, 6) is -2.45. The minimum atomic E-state index is -3.84. The fourth-order valence-corrected chi connectivity index (χ4v) is 4.77. The van der Waals surface area contributed by atoms with E-state index in [1.165, 1.54) is 13.8 Å². The third-order valence-electron chi connectivity index (χ3n) is 3.31. The largest absolute Gasteiger partial charge is 0.318 e. The molecule has 1 saturated heterocycles. The number of amides is 2. The monoisotopic (exact) mass is 326 g/mol. The zero-order chi connectivity index (χ0) is 15.9. The highest BCUT2D eigenvalue weighted by Crippen LogP contribution is 2.23. The molecule has 0 saturated carbocycles. The first-order valence-corrected chi connectivity index (χ1v) is 9.40. The summed E-state index contributed by atoms with van der Waals surface area (Å²) in [5, 5.41) is -3.32. The first-order chi connectivity index (χ1) is 9.01. The molecule has 0 aromatic carbocycles. The van der Waals surface area contributed by atoms with Crippen molar-refractivity contribution >= 4 is 31.5 Å². The van der Waals surface area contributed by atoms with E-state index in [9.17, 15) is 26.4 Å². The summed E-state index contributed by atoms with van der Waals surface area (Å²) in [6.45, 7) is 2.71. The number of rotatable bonds is 4. The van der Waals surface area contributed by atoms with Crippen LogP contribution in [0, 0.1) is 0 Å². The van der Waals surface area contributed by atoms with Gasteiger partial charge in [0.2, 0.25) is 10.7 Å². The summed E-state index contributed by atoms with van der Waals surface area (Å²) < 4.78 is 47.6. The number of likely N-dealkylation sites (N-methyl/N-ethyl adjacent to an activating group) is 2. The quantitative estimate of drug-likeness (QED) is 0.618. The van der Waals surface area contributed by atoms with Crippen molar-refractivity contribution in [3.63, 3.8) is 0 Å². The fraction of sp³-hybridized carbons (Fsp3) is 0.800. The van der Waals surface area contributed by atoms with Gasteiger partial charge in [-0.25, -0.2) is 16.8 Å². The van der Waals surface area contributed by atoms with Gasteiger partial charge in [-0.15, -0.1) is 0 Å². The predicted octanol–water partition coefficient (Wildman–Crippen LogP) is -1.56. The topological polar surface area (TPSA) is 109 Å². The summed E-state index contributed by atoms with van der Waals surface area (Å²) in [7, 11) is -5.43. The molecule has 8 nitrogen and oxygen atoms in total. The molecule has 2 amide bonds. The molecule has 0 spiro atoms. The van der Waals surface area contributed by atoms with Gasteiger partial charge in [0.15, 0.2) is 19.7 Å². The highest BCUT2D eigenvalue weighted by molar-refractivity contribution is 7.93. The lowest BCUT2D eigenvalue weighted by atomic mass is 10.3. The van der Waals surface area contributed by atoms with Crippen molar-refractivity contribution in [2.75, 3.05) is 25.6 Å². The van der Waals surface area contributed by atoms with Crippen molar-refractivity contribution in [3.05, 3.63) is 0 Å². The number of piperazine rings is 1. The van der Waals surface area contributed by atoms with Gasteiger partial charge in [-0.2, -0.15) is 0 Å². The molecule has 0 unspecified atom stereocenters. The normalized spacial score (nSPS) is 25.2. The second-order valence-electron chi connectivity index (χ2n) is 4.51. The molecule has 1 aliphatic rings. The van der Waals surface area contributed by atoms with Crippen molar-refractivity contribution in [1.29, 1.82) is 0 Å². The van der Waals surface area contributed by atoms with Gasteiger partial charge < -0.3 is 9.80 Å². The zero-order valence-electron chi connectivity index (χ0n) is 11.7. The lowest BCUT2D eigenvalue weighted by Gasteiger charge is -2.40. The molecule has 0 aliphatic carbocycles. The molecule has 1 aliphatic heterocycles. The van der Waals surface area contributed by atoms with E-state index in [2.05, 4.69) is 0 Å². The van der Waals surface area contributed by atoms with Crippen LogP contribution in [0.3, 0.4) is 0 Å². The zero-order valence-corrected chi connectivity index (χ0v) is 13.4. The van der Waals surface area contributed by atoms with Crippen LogP contribution in [-0.2, 0) is 29.3 Å². The van der Waals surface area contributed by atoms with Gasteiger partial charge in [0, 0.05) is 14.1 Å². The average Bonchev–Trinajstić information content (AvgIpc) is 2.36. The molecule has 20 heavy (non-hydrogen) atoms. The number of sulfone groups is 2. The van der Waals surface area contributed by atoms with Crippen molar-refractivity contribution in [2.24, 2.45) is 0 Å². The van der Waals surface area contributed by atoms with E-state index in [-0.39, 0.29) is 11.5 Å². The van der Waals surface area contributed by atoms with Crippen LogP contribution in [0.1, 0.15) is 13.8 Å². The minimum Gasteiger partial charge on any atom is -0.318 e. The van der Waals surface area contributed by atoms with Gasteiger partial charge in [0.05, 0.1) is 11.5 Å². The van der Waals surface area contributed by atoms with Crippen LogP contribution in [0.25, 0.3) is 0 Å². The van der Waals surface area contributed by atoms with E-state index in [0.717, 1.165) is 14.1 Å². The van der Waals surface area contributed by atoms with Gasteiger partial charge in [0.1, 0.15) is 0 Å². The van der Waals surface area contributed by atoms with Crippen LogP contribution >= 0.6 is 0 Å². The van der Waals surface area contributed by atoms with E-state index in [0.29, 0.717) is 9.80 Å². The number of hydrogen-bond acceptors (Lipinski definition) is 6. The highest BCUT2D eigenvalue weighted by atomic mass is 32.2. The third-order valence-corrected chi connectivity index (χ3v) is 7.31. The molecule has 1 rings (SSSR count). The Bertz CT molecular complexity index is 568. The maximum absolute atomic E-state index is 12.1. The SMILES string of the molecule is CCS(=O)(=O)[C@@H]1C(=O)N(C)[C@@H](S(=O)(=O)CC)C(=O)N1C. The smallest absolute Gasteiger partial charge is 0.262 e. The molecule has 0 bridgehead atoms. The third kappa shape index (κ3) is 2.53. The van der Waals surface area contributed by atoms with Crippen LogP contribution in [0.2, 0.25) is 0 Å². The maximum Gasteiger partial charge on any atom is 0.262 e. The Kier molecular flexibility index (Phi) is 4.49. The Hall–Kier alpha value is -1.16. The molecule has 0 N–H and O–H groups in total. The first-order valence-electron chi connectivity index (χ1n) is 5.97. The van der Waals surface area contributed by atoms with Crippen molar-refractivity contribution in [1.82, 2.24) is 9.80 Å². The Labute approximate surface area is 118 Å². The van der Waals surface area contributed by atoms with Crippen molar-refractivity contribution in [3.8, 4) is 0 Å². The number of carbonyl (C=O) groups excluding carboxylic acids is 2. The van der Waals surface area contributed by atoms with E-state index < -0.39 is 42.2 Å². The van der Waals surface area contributed by atoms with Crippen LogP contribution < -0.4 is 0 Å². The first kappa shape index (κ1) is 16.9. The maximum atomic E-state index is 12.1. The van der Waals surface area contributed by atoms with Crippen LogP contribution in [0.5, 0.6) is 0 Å². The summed E-state index contributed by atoms with van der Waals surface area (Å²) in [4.78, 5) is 25.7. The molecule has 1 fully saturated rings. The fourth-order valence-electron chi connectivity index (χ4n) is 2.02. The minimum absolute atomic E-state index is 0.319. The van der Waals surface area contributed by atoms with Gasteiger partial charge in [0.25, 0.3) is 11.8 Å². The molecule has 0 radical (unpaired) electrons. The van der Waals surface area contributed by atoms with Gasteiger partial charge in [-0.3, -0.25) is 9.59 Å². The lowest BCUT2D eigenvalue weighted by Crippen LogP contribution is -2.66. The van der Waals surface area contributed by atoms with Gasteiger partial charge in [-0.05, 0) is 0 Å². The van der Waals surface area contributed by atoms with E-state index in [1.54, 1.807) is 0 Å². The number of carbonyl (C=O) groups is 2.